The van der Waals surface area contributed by atoms with E-state index in [2.05, 4.69) is 10.1 Å². The first-order chi connectivity index (χ1) is 10.8. The van der Waals surface area contributed by atoms with E-state index in [9.17, 15) is 18.0 Å². The first-order valence-corrected chi connectivity index (χ1v) is 6.83. The summed E-state index contributed by atoms with van der Waals surface area (Å²) in [7, 11) is 0. The van der Waals surface area contributed by atoms with Gasteiger partial charge in [0.25, 0.3) is 5.91 Å². The van der Waals surface area contributed by atoms with Crippen LogP contribution < -0.4 is 10.5 Å². The van der Waals surface area contributed by atoms with E-state index < -0.39 is 24.1 Å². The second kappa shape index (κ2) is 5.25. The van der Waals surface area contributed by atoms with E-state index in [1.807, 2.05) is 0 Å². The third kappa shape index (κ3) is 2.86. The monoisotopic (exact) mass is 326 g/mol. The third-order valence-corrected chi connectivity index (χ3v) is 3.78. The van der Waals surface area contributed by atoms with Crippen molar-refractivity contribution in [1.29, 1.82) is 0 Å². The summed E-state index contributed by atoms with van der Waals surface area (Å²) >= 11 is 0. The zero-order valence-corrected chi connectivity index (χ0v) is 11.9. The molecule has 0 aliphatic heterocycles. The minimum atomic E-state index is -4.28. The smallest absolute Gasteiger partial charge is 0.397 e. The number of carbonyl (C=O) groups excluding carboxylic acids is 1. The number of carbonyl (C=O) groups is 1. The van der Waals surface area contributed by atoms with Crippen LogP contribution in [0.25, 0.3) is 5.82 Å². The van der Waals surface area contributed by atoms with Crippen molar-refractivity contribution in [3.05, 3.63) is 36.2 Å². The van der Waals surface area contributed by atoms with Crippen molar-refractivity contribution >= 4 is 5.91 Å². The van der Waals surface area contributed by atoms with E-state index in [0.717, 1.165) is 0 Å². The summed E-state index contributed by atoms with van der Waals surface area (Å²) in [4.78, 5) is 15.4. The SMILES string of the molecule is NC(=O)c1cccnc1-n1ccc(OCC2(C(F)(F)F)CC2)n1. The minimum Gasteiger partial charge on any atom is -0.476 e. The fourth-order valence-corrected chi connectivity index (χ4v) is 2.15. The van der Waals surface area contributed by atoms with Gasteiger partial charge >= 0.3 is 6.18 Å². The number of primary amides is 1. The molecule has 0 saturated heterocycles. The topological polar surface area (TPSA) is 83.0 Å². The molecule has 0 spiro atoms. The molecule has 1 saturated carbocycles. The van der Waals surface area contributed by atoms with Crippen LogP contribution in [0.15, 0.2) is 30.6 Å². The summed E-state index contributed by atoms with van der Waals surface area (Å²) in [5, 5.41) is 3.99. The molecular weight excluding hydrogens is 313 g/mol. The normalized spacial score (nSPS) is 16.1. The largest absolute Gasteiger partial charge is 0.476 e. The molecule has 2 heterocycles. The molecule has 1 aliphatic carbocycles. The van der Waals surface area contributed by atoms with Gasteiger partial charge in [0, 0.05) is 18.5 Å². The number of hydrogen-bond donors (Lipinski definition) is 1. The van der Waals surface area contributed by atoms with Crippen molar-refractivity contribution in [2.45, 2.75) is 19.0 Å². The van der Waals surface area contributed by atoms with Crippen LogP contribution in [0, 0.1) is 5.41 Å². The van der Waals surface area contributed by atoms with Gasteiger partial charge in [-0.15, -0.1) is 5.10 Å². The first-order valence-electron chi connectivity index (χ1n) is 6.83. The highest BCUT2D eigenvalue weighted by Gasteiger charge is 2.63. The Morgan fingerprint density at radius 2 is 2.13 bits per heavy atom. The summed E-state index contributed by atoms with van der Waals surface area (Å²) in [5.41, 5.74) is 3.64. The van der Waals surface area contributed by atoms with E-state index in [0.29, 0.717) is 0 Å². The molecule has 9 heteroatoms. The number of halogens is 3. The summed E-state index contributed by atoms with van der Waals surface area (Å²) in [6.45, 7) is -0.474. The number of pyridine rings is 1. The summed E-state index contributed by atoms with van der Waals surface area (Å²) < 4.78 is 44.9. The number of amides is 1. The molecule has 122 valence electrons. The third-order valence-electron chi connectivity index (χ3n) is 3.78. The van der Waals surface area contributed by atoms with E-state index in [-0.39, 0.29) is 30.1 Å². The molecule has 0 bridgehead atoms. The van der Waals surface area contributed by atoms with Crippen molar-refractivity contribution in [3.8, 4) is 11.7 Å². The Labute approximate surface area is 129 Å². The fourth-order valence-electron chi connectivity index (χ4n) is 2.15. The van der Waals surface area contributed by atoms with Crippen LogP contribution in [0.3, 0.4) is 0 Å². The van der Waals surface area contributed by atoms with Crippen LogP contribution in [0.1, 0.15) is 23.2 Å². The molecule has 1 amide bonds. The number of ether oxygens (including phenoxy) is 1. The van der Waals surface area contributed by atoms with Crippen LogP contribution in [0.5, 0.6) is 5.88 Å². The van der Waals surface area contributed by atoms with E-state index in [1.54, 1.807) is 6.07 Å². The fraction of sp³-hybridized carbons (Fsp3) is 0.357. The Bertz CT molecular complexity index is 738. The number of hydrogen-bond acceptors (Lipinski definition) is 4. The molecule has 6 nitrogen and oxygen atoms in total. The summed E-state index contributed by atoms with van der Waals surface area (Å²) in [5.74, 6) is -0.464. The lowest BCUT2D eigenvalue weighted by molar-refractivity contribution is -0.194. The van der Waals surface area contributed by atoms with Crippen LogP contribution in [0.4, 0.5) is 13.2 Å². The molecule has 1 aliphatic rings. The number of alkyl halides is 3. The lowest BCUT2D eigenvalue weighted by atomic mass is 10.1. The predicted octanol–water partition coefficient (Wildman–Crippen LogP) is 2.09. The molecule has 0 radical (unpaired) electrons. The number of rotatable bonds is 5. The van der Waals surface area contributed by atoms with Gasteiger partial charge < -0.3 is 10.5 Å². The molecule has 2 N–H and O–H groups in total. The van der Waals surface area contributed by atoms with Crippen molar-refractivity contribution in [2.75, 3.05) is 6.61 Å². The molecule has 2 aromatic rings. The second-order valence-corrected chi connectivity index (χ2v) is 5.40. The molecule has 0 unspecified atom stereocenters. The maximum absolute atomic E-state index is 12.8. The van der Waals surface area contributed by atoms with Crippen molar-refractivity contribution < 1.29 is 22.7 Å². The van der Waals surface area contributed by atoms with Gasteiger partial charge in [-0.05, 0) is 25.0 Å². The summed E-state index contributed by atoms with van der Waals surface area (Å²) in [6.07, 6.45) is -1.27. The highest BCUT2D eigenvalue weighted by molar-refractivity contribution is 5.95. The van der Waals surface area contributed by atoms with Gasteiger partial charge in [-0.25, -0.2) is 9.67 Å². The van der Waals surface area contributed by atoms with Gasteiger partial charge in [-0.1, -0.05) is 0 Å². The van der Waals surface area contributed by atoms with Gasteiger partial charge in [0.15, 0.2) is 5.82 Å². The van der Waals surface area contributed by atoms with Gasteiger partial charge in [0.05, 0.1) is 5.56 Å². The Morgan fingerprint density at radius 3 is 2.74 bits per heavy atom. The quantitative estimate of drug-likeness (QED) is 0.912. The maximum Gasteiger partial charge on any atom is 0.397 e. The average Bonchev–Trinajstić information content (AvgIpc) is 3.16. The van der Waals surface area contributed by atoms with Crippen molar-refractivity contribution in [2.24, 2.45) is 11.1 Å². The van der Waals surface area contributed by atoms with E-state index >= 15 is 0 Å². The van der Waals surface area contributed by atoms with Gasteiger partial charge in [-0.2, -0.15) is 13.2 Å². The van der Waals surface area contributed by atoms with Gasteiger partial charge in [-0.3, -0.25) is 4.79 Å². The molecule has 1 fully saturated rings. The summed E-state index contributed by atoms with van der Waals surface area (Å²) in [6, 6.07) is 4.44. The van der Waals surface area contributed by atoms with Gasteiger partial charge in [0.1, 0.15) is 12.0 Å². The molecule has 23 heavy (non-hydrogen) atoms. The molecule has 3 rings (SSSR count). The van der Waals surface area contributed by atoms with Crippen LogP contribution in [-0.2, 0) is 0 Å². The predicted molar refractivity (Wildman–Crippen MR) is 73.1 cm³/mol. The zero-order valence-electron chi connectivity index (χ0n) is 11.9. The molecular formula is C14H13F3N4O2. The standard InChI is InChI=1S/C14H13F3N4O2/c15-14(16,17)13(4-5-13)8-23-10-3-7-21(20-10)12-9(11(18)22)2-1-6-19-12/h1-3,6-7H,4-5,8H2,(H2,18,22). The van der Waals surface area contributed by atoms with Crippen molar-refractivity contribution in [1.82, 2.24) is 14.8 Å². The van der Waals surface area contributed by atoms with E-state index in [1.165, 1.54) is 29.2 Å². The lowest BCUT2D eigenvalue weighted by Gasteiger charge is -2.18. The zero-order chi connectivity index (χ0) is 16.7. The highest BCUT2D eigenvalue weighted by Crippen LogP contribution is 2.57. The van der Waals surface area contributed by atoms with Crippen LogP contribution >= 0.6 is 0 Å². The number of nitrogens with zero attached hydrogens (tertiary/aromatic N) is 3. The maximum atomic E-state index is 12.8. The second-order valence-electron chi connectivity index (χ2n) is 5.40. The lowest BCUT2D eigenvalue weighted by Crippen LogP contribution is -2.30. The van der Waals surface area contributed by atoms with Crippen LogP contribution in [-0.4, -0.2) is 33.5 Å². The highest BCUT2D eigenvalue weighted by atomic mass is 19.4. The number of nitrogens with two attached hydrogens (primary N) is 1. The van der Waals surface area contributed by atoms with Crippen LogP contribution in [0.2, 0.25) is 0 Å². The Balaban J connectivity index is 1.76. The van der Waals surface area contributed by atoms with Crippen molar-refractivity contribution in [3.63, 3.8) is 0 Å². The number of aromatic nitrogens is 3. The van der Waals surface area contributed by atoms with E-state index in [4.69, 9.17) is 10.5 Å². The Hall–Kier alpha value is -2.58. The van der Waals surface area contributed by atoms with Gasteiger partial charge in [0.2, 0.25) is 5.88 Å². The molecule has 0 atom stereocenters. The Kier molecular flexibility index (Phi) is 3.50. The minimum absolute atomic E-state index is 0.0293. The average molecular weight is 326 g/mol. The molecule has 2 aromatic heterocycles. The first kappa shape index (κ1) is 15.3. The molecule has 0 aromatic carbocycles. The Morgan fingerprint density at radius 1 is 1.39 bits per heavy atom.